The Labute approximate surface area is 96.8 Å². The molecule has 0 saturated heterocycles. The summed E-state index contributed by atoms with van der Waals surface area (Å²) in [7, 11) is 0. The lowest BCUT2D eigenvalue weighted by atomic mass is 10.0. The van der Waals surface area contributed by atoms with Crippen molar-refractivity contribution in [3.8, 4) is 17.2 Å². The van der Waals surface area contributed by atoms with Crippen LogP contribution >= 0.6 is 0 Å². The van der Waals surface area contributed by atoms with Crippen molar-refractivity contribution in [1.29, 1.82) is 0 Å². The zero-order chi connectivity index (χ0) is 13.0. The molecule has 0 bridgehead atoms. The van der Waals surface area contributed by atoms with Gasteiger partial charge in [0.2, 0.25) is 5.75 Å². The van der Waals surface area contributed by atoms with Crippen LogP contribution in [0.15, 0.2) is 12.1 Å². The van der Waals surface area contributed by atoms with Gasteiger partial charge in [0.25, 0.3) is 0 Å². The Bertz CT molecular complexity index is 452. The molecule has 0 heterocycles. The van der Waals surface area contributed by atoms with Crippen molar-refractivity contribution in [3.63, 3.8) is 0 Å². The lowest BCUT2D eigenvalue weighted by Crippen LogP contribution is -2.06. The first kappa shape index (κ1) is 12.8. The third-order valence-electron chi connectivity index (χ3n) is 2.22. The first-order chi connectivity index (χ1) is 7.91. The van der Waals surface area contributed by atoms with Crippen LogP contribution in [0.5, 0.6) is 17.2 Å². The topological polar surface area (TPSA) is 115 Å². The number of carbonyl (C=O) groups is 2. The number of rotatable bonds is 5. The summed E-state index contributed by atoms with van der Waals surface area (Å²) >= 11 is 0. The molecule has 6 heteroatoms. The number of aromatic hydroxyl groups is 3. The van der Waals surface area contributed by atoms with Gasteiger partial charge in [0.05, 0.1) is 6.42 Å². The van der Waals surface area contributed by atoms with Gasteiger partial charge in [-0.1, -0.05) is 6.07 Å². The van der Waals surface area contributed by atoms with Crippen molar-refractivity contribution in [1.82, 2.24) is 0 Å². The molecule has 1 aromatic rings. The number of ketones is 1. The molecule has 0 atom stereocenters. The van der Waals surface area contributed by atoms with Crippen molar-refractivity contribution >= 4 is 11.8 Å². The predicted molar refractivity (Wildman–Crippen MR) is 57.0 cm³/mol. The fourth-order valence-electron chi connectivity index (χ4n) is 1.30. The maximum atomic E-state index is 11.3. The zero-order valence-corrected chi connectivity index (χ0v) is 8.88. The van der Waals surface area contributed by atoms with Gasteiger partial charge in [-0.2, -0.15) is 0 Å². The average molecular weight is 240 g/mol. The monoisotopic (exact) mass is 240 g/mol. The molecule has 0 radical (unpaired) electrons. The normalized spacial score (nSPS) is 10.1. The second-order valence-corrected chi connectivity index (χ2v) is 3.55. The number of hydrogen-bond acceptors (Lipinski definition) is 5. The first-order valence-corrected chi connectivity index (χ1v) is 4.88. The number of carbonyl (C=O) groups excluding carboxylic acids is 1. The Balaban J connectivity index is 2.72. The Morgan fingerprint density at radius 1 is 1.00 bits per heavy atom. The minimum atomic E-state index is -1.07. The largest absolute Gasteiger partial charge is 0.504 e. The molecule has 0 fully saturated rings. The van der Waals surface area contributed by atoms with Gasteiger partial charge >= 0.3 is 5.97 Å². The van der Waals surface area contributed by atoms with Gasteiger partial charge in [-0.25, -0.2) is 0 Å². The number of hydrogen-bond donors (Lipinski definition) is 4. The minimum absolute atomic E-state index is 0.142. The molecule has 0 unspecified atom stereocenters. The predicted octanol–water partition coefficient (Wildman–Crippen LogP) is 0.780. The van der Waals surface area contributed by atoms with E-state index in [1.165, 1.54) is 6.07 Å². The highest BCUT2D eigenvalue weighted by Crippen LogP contribution is 2.37. The smallest absolute Gasteiger partial charge is 0.303 e. The van der Waals surface area contributed by atoms with Gasteiger partial charge in [-0.3, -0.25) is 9.59 Å². The number of Topliss-reactive ketones (excluding diaryl/α,β-unsaturated/α-hetero) is 1. The maximum Gasteiger partial charge on any atom is 0.303 e. The highest BCUT2D eigenvalue weighted by molar-refractivity contribution is 5.85. The van der Waals surface area contributed by atoms with Crippen molar-refractivity contribution in [2.45, 2.75) is 19.3 Å². The maximum absolute atomic E-state index is 11.3. The van der Waals surface area contributed by atoms with Crippen LogP contribution in [0.2, 0.25) is 0 Å². The SMILES string of the molecule is O=C(O)CCC(=O)Cc1ccc(O)c(O)c1O. The molecule has 1 aromatic carbocycles. The van der Waals surface area contributed by atoms with E-state index in [2.05, 4.69) is 0 Å². The number of benzene rings is 1. The molecule has 0 aliphatic rings. The quantitative estimate of drug-likeness (QED) is 0.565. The molecular weight excluding hydrogens is 228 g/mol. The highest BCUT2D eigenvalue weighted by Gasteiger charge is 2.14. The van der Waals surface area contributed by atoms with Gasteiger partial charge in [-0.05, 0) is 6.07 Å². The van der Waals surface area contributed by atoms with Gasteiger partial charge in [0.1, 0.15) is 5.78 Å². The Kier molecular flexibility index (Phi) is 3.92. The number of aliphatic carboxylic acids is 1. The number of phenols is 3. The lowest BCUT2D eigenvalue weighted by Gasteiger charge is -2.06. The number of carboxylic acid groups (broad SMARTS) is 1. The van der Waals surface area contributed by atoms with Gasteiger partial charge in [0.15, 0.2) is 11.5 Å². The van der Waals surface area contributed by atoms with E-state index in [0.717, 1.165) is 6.07 Å². The van der Waals surface area contributed by atoms with Gasteiger partial charge in [0, 0.05) is 18.4 Å². The summed E-state index contributed by atoms with van der Waals surface area (Å²) in [5.74, 6) is -3.17. The Hall–Kier alpha value is -2.24. The molecule has 0 amide bonds. The van der Waals surface area contributed by atoms with Crippen LogP contribution in [0.25, 0.3) is 0 Å². The zero-order valence-electron chi connectivity index (χ0n) is 8.88. The molecule has 0 aromatic heterocycles. The van der Waals surface area contributed by atoms with Crippen LogP contribution in [0.4, 0.5) is 0 Å². The van der Waals surface area contributed by atoms with Gasteiger partial charge in [-0.15, -0.1) is 0 Å². The van der Waals surface area contributed by atoms with Gasteiger partial charge < -0.3 is 20.4 Å². The summed E-state index contributed by atoms with van der Waals surface area (Å²) in [6.07, 6.45) is -0.604. The Morgan fingerprint density at radius 2 is 1.65 bits per heavy atom. The van der Waals surface area contributed by atoms with E-state index >= 15 is 0 Å². The molecule has 6 nitrogen and oxygen atoms in total. The van der Waals surface area contributed by atoms with E-state index in [1.807, 2.05) is 0 Å². The number of carboxylic acids is 1. The molecule has 1 rings (SSSR count). The summed E-state index contributed by atoms with van der Waals surface area (Å²) in [5.41, 5.74) is 0.149. The van der Waals surface area contributed by atoms with E-state index in [-0.39, 0.29) is 30.6 Å². The van der Waals surface area contributed by atoms with Crippen LogP contribution < -0.4 is 0 Å². The third-order valence-corrected chi connectivity index (χ3v) is 2.22. The van der Waals surface area contributed by atoms with Crippen molar-refractivity contribution in [2.75, 3.05) is 0 Å². The molecule has 0 aliphatic heterocycles. The standard InChI is InChI=1S/C11H12O6/c12-7(2-4-9(14)15)5-6-1-3-8(13)11(17)10(6)16/h1,3,13,16-17H,2,4-5H2,(H,14,15). The molecule has 4 N–H and O–H groups in total. The molecule has 17 heavy (non-hydrogen) atoms. The summed E-state index contributed by atoms with van der Waals surface area (Å²) in [4.78, 5) is 21.6. The fraction of sp³-hybridized carbons (Fsp3) is 0.273. The second kappa shape index (κ2) is 5.20. The van der Waals surface area contributed by atoms with E-state index in [0.29, 0.717) is 0 Å². The van der Waals surface area contributed by atoms with Crippen LogP contribution in [0.3, 0.4) is 0 Å². The van der Waals surface area contributed by atoms with Crippen LogP contribution in [0, 0.1) is 0 Å². The molecular formula is C11H12O6. The number of phenolic OH excluding ortho intramolecular Hbond substituents is 3. The van der Waals surface area contributed by atoms with E-state index in [4.69, 9.17) is 10.2 Å². The minimum Gasteiger partial charge on any atom is -0.504 e. The summed E-state index contributed by atoms with van der Waals surface area (Å²) in [5, 5.41) is 36.1. The second-order valence-electron chi connectivity index (χ2n) is 3.55. The van der Waals surface area contributed by atoms with E-state index in [9.17, 15) is 19.8 Å². The van der Waals surface area contributed by atoms with E-state index in [1.54, 1.807) is 0 Å². The highest BCUT2D eigenvalue weighted by atomic mass is 16.4. The summed E-state index contributed by atoms with van der Waals surface area (Å²) < 4.78 is 0. The Morgan fingerprint density at radius 3 is 2.24 bits per heavy atom. The van der Waals surface area contributed by atoms with Crippen molar-refractivity contribution < 1.29 is 30.0 Å². The lowest BCUT2D eigenvalue weighted by molar-refractivity contribution is -0.138. The van der Waals surface area contributed by atoms with E-state index < -0.39 is 23.2 Å². The molecule has 0 aliphatic carbocycles. The summed E-state index contributed by atoms with van der Waals surface area (Å²) in [6.45, 7) is 0. The van der Waals surface area contributed by atoms with Crippen LogP contribution in [-0.2, 0) is 16.0 Å². The first-order valence-electron chi connectivity index (χ1n) is 4.88. The van der Waals surface area contributed by atoms with Crippen LogP contribution in [0.1, 0.15) is 18.4 Å². The third kappa shape index (κ3) is 3.37. The molecule has 0 spiro atoms. The molecule has 0 saturated carbocycles. The summed E-state index contributed by atoms with van der Waals surface area (Å²) in [6, 6.07) is 2.44. The average Bonchev–Trinajstić information content (AvgIpc) is 2.27. The molecule has 92 valence electrons. The van der Waals surface area contributed by atoms with Crippen molar-refractivity contribution in [2.24, 2.45) is 0 Å². The van der Waals surface area contributed by atoms with Crippen molar-refractivity contribution in [3.05, 3.63) is 17.7 Å². The fourth-order valence-corrected chi connectivity index (χ4v) is 1.30. The van der Waals surface area contributed by atoms with Crippen LogP contribution in [-0.4, -0.2) is 32.2 Å².